The number of aromatic amines is 1. The quantitative estimate of drug-likeness (QED) is 0.832. The molecule has 2 aromatic rings. The summed E-state index contributed by atoms with van der Waals surface area (Å²) in [6, 6.07) is 6.61. The van der Waals surface area contributed by atoms with Gasteiger partial charge >= 0.3 is 5.69 Å². The molecule has 0 saturated heterocycles. The Labute approximate surface area is 96.8 Å². The molecule has 0 aliphatic carbocycles. The van der Waals surface area contributed by atoms with Gasteiger partial charge in [-0.15, -0.1) is 0 Å². The highest BCUT2D eigenvalue weighted by atomic mass is 35.5. The zero-order chi connectivity index (χ0) is 11.7. The van der Waals surface area contributed by atoms with Crippen molar-refractivity contribution in [3.05, 3.63) is 34.7 Å². The van der Waals surface area contributed by atoms with E-state index in [4.69, 9.17) is 11.6 Å². The smallest absolute Gasteiger partial charge is 0.306 e. The lowest BCUT2D eigenvalue weighted by Gasteiger charge is -2.11. The first-order valence-corrected chi connectivity index (χ1v) is 5.41. The molecule has 1 aromatic carbocycles. The van der Waals surface area contributed by atoms with Crippen LogP contribution in [-0.4, -0.2) is 14.8 Å². The number of halogens is 1. The van der Waals surface area contributed by atoms with Crippen molar-refractivity contribution in [2.45, 2.75) is 19.4 Å². The van der Waals surface area contributed by atoms with E-state index in [9.17, 15) is 9.59 Å². The van der Waals surface area contributed by atoms with E-state index in [1.54, 1.807) is 12.1 Å². The number of H-pyrrole nitrogens is 1. The summed E-state index contributed by atoms with van der Waals surface area (Å²) in [5.41, 5.74) is 1.11. The molecule has 0 radical (unpaired) electrons. The van der Waals surface area contributed by atoms with Crippen LogP contribution in [0.3, 0.4) is 0 Å². The van der Waals surface area contributed by atoms with Crippen molar-refractivity contribution in [1.29, 1.82) is 0 Å². The normalized spacial score (nSPS) is 12.9. The Morgan fingerprint density at radius 2 is 2.19 bits per heavy atom. The molecule has 1 unspecified atom stereocenters. The van der Waals surface area contributed by atoms with Crippen LogP contribution in [0.25, 0.3) is 11.0 Å². The predicted molar refractivity (Wildman–Crippen MR) is 62.7 cm³/mol. The van der Waals surface area contributed by atoms with E-state index in [0.717, 1.165) is 0 Å². The number of imidazole rings is 1. The predicted octanol–water partition coefficient (Wildman–Crippen LogP) is 2.05. The Bertz CT molecular complexity index is 585. The van der Waals surface area contributed by atoms with Gasteiger partial charge in [0.2, 0.25) is 5.24 Å². The van der Waals surface area contributed by atoms with E-state index < -0.39 is 11.3 Å². The number of aromatic nitrogens is 2. The van der Waals surface area contributed by atoms with Gasteiger partial charge in [-0.2, -0.15) is 0 Å². The fourth-order valence-corrected chi connectivity index (χ4v) is 2.08. The Morgan fingerprint density at radius 1 is 1.50 bits per heavy atom. The highest BCUT2D eigenvalue weighted by molar-refractivity contribution is 6.64. The second-order valence-corrected chi connectivity index (χ2v) is 3.92. The Hall–Kier alpha value is -1.55. The van der Waals surface area contributed by atoms with Crippen molar-refractivity contribution in [3.8, 4) is 0 Å². The maximum absolute atomic E-state index is 11.7. The minimum Gasteiger partial charge on any atom is -0.306 e. The lowest BCUT2D eigenvalue weighted by Crippen LogP contribution is -2.25. The first-order chi connectivity index (χ1) is 7.65. The minimum absolute atomic E-state index is 0.304. The average Bonchev–Trinajstić information content (AvgIpc) is 2.57. The Kier molecular flexibility index (Phi) is 2.83. The molecule has 4 nitrogen and oxygen atoms in total. The number of rotatable bonds is 3. The van der Waals surface area contributed by atoms with Crippen molar-refractivity contribution < 1.29 is 4.79 Å². The molecule has 5 heteroatoms. The van der Waals surface area contributed by atoms with E-state index in [1.165, 1.54) is 4.57 Å². The van der Waals surface area contributed by atoms with E-state index >= 15 is 0 Å². The van der Waals surface area contributed by atoms with Gasteiger partial charge in [0, 0.05) is 0 Å². The summed E-state index contributed by atoms with van der Waals surface area (Å²) in [6.07, 6.45) is 0.490. The molecule has 84 valence electrons. The number of fused-ring (bicyclic) bond motifs is 1. The summed E-state index contributed by atoms with van der Waals surface area (Å²) >= 11 is 5.50. The van der Waals surface area contributed by atoms with Gasteiger partial charge in [-0.3, -0.25) is 9.36 Å². The third-order valence-electron chi connectivity index (χ3n) is 2.58. The summed E-state index contributed by atoms with van der Waals surface area (Å²) in [4.78, 5) is 25.7. The molecule has 0 amide bonds. The molecule has 2 rings (SSSR count). The first kappa shape index (κ1) is 11.0. The summed E-state index contributed by atoms with van der Waals surface area (Å²) < 4.78 is 1.41. The van der Waals surface area contributed by atoms with Crippen LogP contribution in [0.5, 0.6) is 0 Å². The van der Waals surface area contributed by atoms with Gasteiger partial charge in [0.05, 0.1) is 11.0 Å². The molecule has 1 heterocycles. The molecule has 0 saturated carbocycles. The van der Waals surface area contributed by atoms with Crippen LogP contribution in [0, 0.1) is 0 Å². The highest BCUT2D eigenvalue weighted by Gasteiger charge is 2.20. The zero-order valence-electron chi connectivity index (χ0n) is 8.74. The van der Waals surface area contributed by atoms with Crippen molar-refractivity contribution in [1.82, 2.24) is 9.55 Å². The maximum Gasteiger partial charge on any atom is 0.327 e. The van der Waals surface area contributed by atoms with Crippen molar-refractivity contribution in [2.75, 3.05) is 0 Å². The molecule has 0 fully saturated rings. The third-order valence-corrected chi connectivity index (χ3v) is 2.84. The van der Waals surface area contributed by atoms with Crippen LogP contribution in [-0.2, 0) is 4.79 Å². The molecule has 0 aliphatic heterocycles. The topological polar surface area (TPSA) is 54.9 Å². The third kappa shape index (κ3) is 1.65. The first-order valence-electron chi connectivity index (χ1n) is 5.03. The Balaban J connectivity index is 2.71. The number of benzene rings is 1. The molecule has 1 N–H and O–H groups in total. The summed E-state index contributed by atoms with van der Waals surface area (Å²) in [5, 5.41) is -0.519. The molecule has 1 aromatic heterocycles. The van der Waals surface area contributed by atoms with Gasteiger partial charge in [0.15, 0.2) is 0 Å². The molecular weight excluding hydrogens is 228 g/mol. The molecule has 1 atom stereocenters. The zero-order valence-corrected chi connectivity index (χ0v) is 9.49. The number of carbonyl (C=O) groups is 1. The lowest BCUT2D eigenvalue weighted by molar-refractivity contribution is -0.114. The lowest BCUT2D eigenvalue weighted by atomic mass is 10.2. The van der Waals surface area contributed by atoms with Crippen molar-refractivity contribution in [2.24, 2.45) is 0 Å². The highest BCUT2D eigenvalue weighted by Crippen LogP contribution is 2.19. The molecule has 0 aliphatic rings. The maximum atomic E-state index is 11.7. The van der Waals surface area contributed by atoms with Crippen LogP contribution >= 0.6 is 11.6 Å². The van der Waals surface area contributed by atoms with E-state index in [-0.39, 0.29) is 5.69 Å². The van der Waals surface area contributed by atoms with Gasteiger partial charge in [-0.05, 0) is 30.2 Å². The van der Waals surface area contributed by atoms with Crippen molar-refractivity contribution >= 4 is 27.9 Å². The van der Waals surface area contributed by atoms with Crippen molar-refractivity contribution in [3.63, 3.8) is 0 Å². The minimum atomic E-state index is -0.606. The largest absolute Gasteiger partial charge is 0.327 e. The van der Waals surface area contributed by atoms with E-state index in [0.29, 0.717) is 17.5 Å². The second-order valence-electron chi connectivity index (χ2n) is 3.55. The SMILES string of the molecule is CCC(C(=O)Cl)n1c(=O)[nH]c2ccccc21. The number of para-hydroxylation sites is 2. The molecule has 0 spiro atoms. The van der Waals surface area contributed by atoms with Crippen LogP contribution in [0.15, 0.2) is 29.1 Å². The van der Waals surface area contributed by atoms with Crippen LogP contribution in [0.2, 0.25) is 0 Å². The van der Waals surface area contributed by atoms with Crippen LogP contribution in [0.1, 0.15) is 19.4 Å². The van der Waals surface area contributed by atoms with E-state index in [2.05, 4.69) is 4.98 Å². The summed E-state index contributed by atoms with van der Waals surface area (Å²) in [6.45, 7) is 1.82. The van der Waals surface area contributed by atoms with Gasteiger partial charge in [-0.1, -0.05) is 19.1 Å². The number of hydrogen-bond donors (Lipinski definition) is 1. The average molecular weight is 239 g/mol. The number of nitrogens with zero attached hydrogens (tertiary/aromatic N) is 1. The van der Waals surface area contributed by atoms with E-state index in [1.807, 2.05) is 19.1 Å². The van der Waals surface area contributed by atoms with Gasteiger partial charge in [0.25, 0.3) is 0 Å². The molecule has 16 heavy (non-hydrogen) atoms. The second kappa shape index (κ2) is 4.14. The fourth-order valence-electron chi connectivity index (χ4n) is 1.83. The molecular formula is C11H11ClN2O2. The van der Waals surface area contributed by atoms with Crippen LogP contribution < -0.4 is 5.69 Å². The molecule has 0 bridgehead atoms. The number of hydrogen-bond acceptors (Lipinski definition) is 2. The Morgan fingerprint density at radius 3 is 2.81 bits per heavy atom. The fraction of sp³-hybridized carbons (Fsp3) is 0.273. The number of carbonyl (C=O) groups excluding carboxylic acids is 1. The standard InChI is InChI=1S/C11H11ClN2O2/c1-2-8(10(12)15)14-9-6-4-3-5-7(9)13-11(14)16/h3-6,8H,2H2,1H3,(H,13,16). The monoisotopic (exact) mass is 238 g/mol. The summed E-state index contributed by atoms with van der Waals surface area (Å²) in [5.74, 6) is 0. The van der Waals surface area contributed by atoms with Crippen LogP contribution in [0.4, 0.5) is 0 Å². The number of nitrogens with one attached hydrogen (secondary N) is 1. The van der Waals surface area contributed by atoms with Gasteiger partial charge < -0.3 is 4.98 Å². The summed E-state index contributed by atoms with van der Waals surface area (Å²) in [7, 11) is 0. The van der Waals surface area contributed by atoms with Gasteiger partial charge in [0.1, 0.15) is 6.04 Å². The van der Waals surface area contributed by atoms with Gasteiger partial charge in [-0.25, -0.2) is 4.79 Å².